The Balaban J connectivity index is 1.73. The zero-order valence-electron chi connectivity index (χ0n) is 18.2. The first kappa shape index (κ1) is 20.5. The summed E-state index contributed by atoms with van der Waals surface area (Å²) in [4.78, 5) is 18.7. The Morgan fingerprint density at radius 3 is 2.47 bits per heavy atom. The van der Waals surface area contributed by atoms with Crippen LogP contribution in [0.1, 0.15) is 77.7 Å². The molecule has 1 fully saturated rings. The Bertz CT molecular complexity index is 1000. The minimum atomic E-state index is -0.733. The molecule has 1 atom stereocenters. The molecule has 1 saturated carbocycles. The SMILES string of the molecule is CC(C)[C@H](NC(=O)C1(n2cnnn2)CCCCC1)c1nc2ccccc2n1C(C)C. The van der Waals surface area contributed by atoms with Gasteiger partial charge in [-0.25, -0.2) is 9.67 Å². The first-order chi connectivity index (χ1) is 14.4. The van der Waals surface area contributed by atoms with E-state index in [0.29, 0.717) is 0 Å². The molecule has 30 heavy (non-hydrogen) atoms. The lowest BCUT2D eigenvalue weighted by molar-refractivity contribution is -0.133. The fourth-order valence-electron chi connectivity index (χ4n) is 4.68. The highest BCUT2D eigenvalue weighted by Crippen LogP contribution is 2.36. The van der Waals surface area contributed by atoms with Gasteiger partial charge in [-0.15, -0.1) is 5.10 Å². The van der Waals surface area contributed by atoms with Gasteiger partial charge >= 0.3 is 0 Å². The van der Waals surface area contributed by atoms with Crippen LogP contribution in [-0.4, -0.2) is 35.7 Å². The molecule has 160 valence electrons. The quantitative estimate of drug-likeness (QED) is 0.669. The molecule has 1 aliphatic rings. The molecule has 0 bridgehead atoms. The van der Waals surface area contributed by atoms with E-state index in [9.17, 15) is 4.79 Å². The molecule has 0 saturated heterocycles. The minimum absolute atomic E-state index is 0.0180. The fourth-order valence-corrected chi connectivity index (χ4v) is 4.68. The van der Waals surface area contributed by atoms with Crippen molar-refractivity contribution in [3.8, 4) is 0 Å². The highest BCUT2D eigenvalue weighted by atomic mass is 16.2. The molecule has 0 unspecified atom stereocenters. The van der Waals surface area contributed by atoms with E-state index in [0.717, 1.165) is 49.0 Å². The molecule has 4 rings (SSSR count). The molecule has 1 N–H and O–H groups in total. The summed E-state index contributed by atoms with van der Waals surface area (Å²) in [5.74, 6) is 1.06. The fraction of sp³-hybridized carbons (Fsp3) is 0.591. The van der Waals surface area contributed by atoms with Crippen LogP contribution in [0.3, 0.4) is 0 Å². The average molecular weight is 410 g/mol. The largest absolute Gasteiger partial charge is 0.344 e. The minimum Gasteiger partial charge on any atom is -0.344 e. The van der Waals surface area contributed by atoms with Crippen LogP contribution in [0.4, 0.5) is 0 Å². The number of nitrogens with zero attached hydrogens (tertiary/aromatic N) is 6. The summed E-state index contributed by atoms with van der Waals surface area (Å²) in [5, 5.41) is 15.1. The van der Waals surface area contributed by atoms with Crippen molar-refractivity contribution in [1.82, 2.24) is 35.1 Å². The lowest BCUT2D eigenvalue weighted by Crippen LogP contribution is -2.52. The monoisotopic (exact) mass is 409 g/mol. The summed E-state index contributed by atoms with van der Waals surface area (Å²) >= 11 is 0. The Labute approximate surface area is 177 Å². The lowest BCUT2D eigenvalue weighted by atomic mass is 9.80. The number of tetrazole rings is 1. The van der Waals surface area contributed by atoms with Gasteiger partial charge in [0.1, 0.15) is 17.7 Å². The number of para-hydroxylation sites is 2. The molecule has 1 aliphatic carbocycles. The van der Waals surface area contributed by atoms with Gasteiger partial charge in [-0.3, -0.25) is 4.79 Å². The third-order valence-electron chi connectivity index (χ3n) is 6.26. The predicted octanol–water partition coefficient (Wildman–Crippen LogP) is 3.78. The van der Waals surface area contributed by atoms with Crippen LogP contribution in [0.2, 0.25) is 0 Å². The van der Waals surface area contributed by atoms with Crippen molar-refractivity contribution in [2.24, 2.45) is 5.92 Å². The molecule has 8 heteroatoms. The van der Waals surface area contributed by atoms with Gasteiger partial charge in [0.15, 0.2) is 0 Å². The number of rotatable bonds is 6. The summed E-state index contributed by atoms with van der Waals surface area (Å²) in [6.07, 6.45) is 6.17. The lowest BCUT2D eigenvalue weighted by Gasteiger charge is -2.37. The Morgan fingerprint density at radius 1 is 1.10 bits per heavy atom. The number of benzene rings is 1. The number of fused-ring (bicyclic) bond motifs is 1. The van der Waals surface area contributed by atoms with Crippen LogP contribution in [0.25, 0.3) is 11.0 Å². The third-order valence-corrected chi connectivity index (χ3v) is 6.26. The molecular formula is C22H31N7O. The van der Waals surface area contributed by atoms with Crippen LogP contribution in [0, 0.1) is 5.92 Å². The first-order valence-electron chi connectivity index (χ1n) is 11.0. The van der Waals surface area contributed by atoms with Crippen LogP contribution in [-0.2, 0) is 10.3 Å². The predicted molar refractivity (Wildman–Crippen MR) is 115 cm³/mol. The van der Waals surface area contributed by atoms with Gasteiger partial charge in [-0.2, -0.15) is 0 Å². The van der Waals surface area contributed by atoms with Crippen LogP contribution >= 0.6 is 0 Å². The molecule has 3 aromatic rings. The van der Waals surface area contributed by atoms with Gasteiger partial charge in [0.05, 0.1) is 17.1 Å². The Hall–Kier alpha value is -2.77. The molecule has 0 spiro atoms. The van der Waals surface area contributed by atoms with E-state index >= 15 is 0 Å². The van der Waals surface area contributed by atoms with E-state index < -0.39 is 5.54 Å². The van der Waals surface area contributed by atoms with Crippen molar-refractivity contribution in [3.63, 3.8) is 0 Å². The topological polar surface area (TPSA) is 90.5 Å². The zero-order chi connectivity index (χ0) is 21.3. The van der Waals surface area contributed by atoms with Gasteiger partial charge in [0, 0.05) is 6.04 Å². The molecule has 8 nitrogen and oxygen atoms in total. The highest BCUT2D eigenvalue weighted by Gasteiger charge is 2.44. The van der Waals surface area contributed by atoms with E-state index in [2.05, 4.69) is 59.2 Å². The molecule has 2 aromatic heterocycles. The van der Waals surface area contributed by atoms with E-state index in [4.69, 9.17) is 4.98 Å². The summed E-state index contributed by atoms with van der Waals surface area (Å²) in [6, 6.07) is 8.18. The van der Waals surface area contributed by atoms with Gasteiger partial charge in [-0.1, -0.05) is 45.2 Å². The normalized spacial score (nSPS) is 17.5. The number of aromatic nitrogens is 6. The van der Waals surface area contributed by atoms with E-state index in [1.54, 1.807) is 11.0 Å². The molecule has 0 aliphatic heterocycles. The zero-order valence-corrected chi connectivity index (χ0v) is 18.2. The number of nitrogens with one attached hydrogen (secondary N) is 1. The van der Waals surface area contributed by atoms with Gasteiger partial charge in [-0.05, 0) is 55.2 Å². The number of carbonyl (C=O) groups excluding carboxylic acids is 1. The Morgan fingerprint density at radius 2 is 1.83 bits per heavy atom. The number of hydrogen-bond acceptors (Lipinski definition) is 5. The number of imidazole rings is 1. The van der Waals surface area contributed by atoms with E-state index in [1.165, 1.54) is 0 Å². The molecule has 1 amide bonds. The van der Waals surface area contributed by atoms with Crippen molar-refractivity contribution in [2.45, 2.75) is 77.4 Å². The number of hydrogen-bond donors (Lipinski definition) is 1. The van der Waals surface area contributed by atoms with Crippen molar-refractivity contribution in [3.05, 3.63) is 36.4 Å². The van der Waals surface area contributed by atoms with Crippen LogP contribution in [0.15, 0.2) is 30.6 Å². The number of amides is 1. The molecular weight excluding hydrogens is 378 g/mol. The maximum Gasteiger partial charge on any atom is 0.248 e. The summed E-state index contributed by atoms with van der Waals surface area (Å²) in [5.41, 5.74) is 1.31. The third kappa shape index (κ3) is 3.48. The standard InChI is InChI=1S/C22H31N7O/c1-15(2)19(20-24-17-10-6-7-11-18(17)29(20)16(3)4)25-21(30)22(12-8-5-9-13-22)28-14-23-26-27-28/h6-7,10-11,14-16,19H,5,8-9,12-13H2,1-4H3,(H,25,30)/t19-/m0/s1. The second-order valence-electron chi connectivity index (χ2n) is 8.96. The first-order valence-corrected chi connectivity index (χ1v) is 11.0. The van der Waals surface area contributed by atoms with Crippen LogP contribution < -0.4 is 5.32 Å². The van der Waals surface area contributed by atoms with Crippen molar-refractivity contribution in [2.75, 3.05) is 0 Å². The molecule has 1 aromatic carbocycles. The Kier molecular flexibility index (Phi) is 5.58. The van der Waals surface area contributed by atoms with Crippen molar-refractivity contribution >= 4 is 16.9 Å². The maximum absolute atomic E-state index is 13.7. The highest BCUT2D eigenvalue weighted by molar-refractivity contribution is 5.85. The van der Waals surface area contributed by atoms with E-state index in [-0.39, 0.29) is 23.9 Å². The summed E-state index contributed by atoms with van der Waals surface area (Å²) in [7, 11) is 0. The van der Waals surface area contributed by atoms with Crippen molar-refractivity contribution in [1.29, 1.82) is 0 Å². The summed E-state index contributed by atoms with van der Waals surface area (Å²) in [6.45, 7) is 8.56. The van der Waals surface area contributed by atoms with Gasteiger partial charge in [0.25, 0.3) is 0 Å². The average Bonchev–Trinajstić information content (AvgIpc) is 3.40. The van der Waals surface area contributed by atoms with Gasteiger partial charge in [0.2, 0.25) is 5.91 Å². The summed E-state index contributed by atoms with van der Waals surface area (Å²) < 4.78 is 3.90. The van der Waals surface area contributed by atoms with Gasteiger partial charge < -0.3 is 9.88 Å². The second kappa shape index (κ2) is 8.16. The molecule has 2 heterocycles. The molecule has 0 radical (unpaired) electrons. The maximum atomic E-state index is 13.7. The smallest absolute Gasteiger partial charge is 0.248 e. The van der Waals surface area contributed by atoms with E-state index in [1.807, 2.05) is 18.2 Å². The number of carbonyl (C=O) groups is 1. The second-order valence-corrected chi connectivity index (χ2v) is 8.96. The van der Waals surface area contributed by atoms with Crippen molar-refractivity contribution < 1.29 is 4.79 Å². The van der Waals surface area contributed by atoms with Crippen LogP contribution in [0.5, 0.6) is 0 Å².